The molecule has 1 amide bonds. The quantitative estimate of drug-likeness (QED) is 0.806. The number of hydrogen-bond acceptors (Lipinski definition) is 7. The zero-order chi connectivity index (χ0) is 13.7. The van der Waals surface area contributed by atoms with E-state index in [1.165, 1.54) is 4.90 Å². The number of rotatable bonds is 4. The van der Waals surface area contributed by atoms with E-state index < -0.39 is 0 Å². The van der Waals surface area contributed by atoms with Crippen LogP contribution in [0.1, 0.15) is 5.69 Å². The number of carbonyl (C=O) groups is 1. The van der Waals surface area contributed by atoms with Crippen LogP contribution in [0.4, 0.5) is 4.79 Å². The molecule has 2 heterocycles. The predicted molar refractivity (Wildman–Crippen MR) is 73.4 cm³/mol. The topological polar surface area (TPSA) is 68.2 Å². The summed E-state index contributed by atoms with van der Waals surface area (Å²) in [6.07, 6.45) is 1.70. The van der Waals surface area contributed by atoms with Crippen molar-refractivity contribution in [1.82, 2.24) is 19.2 Å². The van der Waals surface area contributed by atoms with Gasteiger partial charge < -0.3 is 9.64 Å². The summed E-state index contributed by atoms with van der Waals surface area (Å²) in [4.78, 5) is 21.2. The van der Waals surface area contributed by atoms with Crippen LogP contribution in [0.3, 0.4) is 0 Å². The molecule has 0 fully saturated rings. The fourth-order valence-electron chi connectivity index (χ4n) is 1.09. The second-order valence-electron chi connectivity index (χ2n) is 3.72. The van der Waals surface area contributed by atoms with Crippen molar-refractivity contribution in [3.05, 3.63) is 30.1 Å². The van der Waals surface area contributed by atoms with Crippen LogP contribution >= 0.6 is 23.3 Å². The summed E-state index contributed by atoms with van der Waals surface area (Å²) in [7, 11) is 3.36. The molecule has 0 saturated carbocycles. The number of carbonyl (C=O) groups excluding carboxylic acids is 1. The van der Waals surface area contributed by atoms with Gasteiger partial charge in [-0.3, -0.25) is 9.78 Å². The Morgan fingerprint density at radius 3 is 3.00 bits per heavy atom. The van der Waals surface area contributed by atoms with Gasteiger partial charge in [-0.25, -0.2) is 0 Å². The minimum atomic E-state index is -0.117. The highest BCUT2D eigenvalue weighted by atomic mass is 32.2. The number of pyridine rings is 1. The normalized spacial score (nSPS) is 10.2. The third-order valence-electron chi connectivity index (χ3n) is 2.00. The molecule has 0 aliphatic rings. The predicted octanol–water partition coefficient (Wildman–Crippen LogP) is 2.29. The molecule has 0 N–H and O–H groups in total. The second-order valence-corrected chi connectivity index (χ2v) is 5.35. The molecule has 0 aliphatic carbocycles. The maximum atomic E-state index is 11.5. The van der Waals surface area contributed by atoms with Crippen LogP contribution < -0.4 is 4.74 Å². The molecule has 0 unspecified atom stereocenters. The van der Waals surface area contributed by atoms with Crippen LogP contribution in [0.25, 0.3) is 0 Å². The lowest BCUT2D eigenvalue weighted by atomic mass is 10.4. The van der Waals surface area contributed by atoms with E-state index in [0.717, 1.165) is 29.0 Å². The molecular formula is C11H12N4O2S2. The second kappa shape index (κ2) is 6.48. The first kappa shape index (κ1) is 13.8. The molecular weight excluding hydrogens is 284 g/mol. The largest absolute Gasteiger partial charge is 0.462 e. The molecule has 0 bridgehead atoms. The van der Waals surface area contributed by atoms with Crippen molar-refractivity contribution in [2.45, 2.75) is 11.8 Å². The Kier molecular flexibility index (Phi) is 4.69. The van der Waals surface area contributed by atoms with Crippen molar-refractivity contribution in [3.8, 4) is 5.19 Å². The van der Waals surface area contributed by atoms with Gasteiger partial charge in [0.1, 0.15) is 6.61 Å². The van der Waals surface area contributed by atoms with Gasteiger partial charge in [0.15, 0.2) is 0 Å². The molecule has 2 rings (SSSR count). The van der Waals surface area contributed by atoms with Gasteiger partial charge in [-0.1, -0.05) is 6.07 Å². The zero-order valence-electron chi connectivity index (χ0n) is 10.4. The molecule has 0 saturated heterocycles. The Bertz CT molecular complexity index is 545. The first-order valence-corrected chi connectivity index (χ1v) is 6.99. The highest BCUT2D eigenvalue weighted by Crippen LogP contribution is 2.23. The third kappa shape index (κ3) is 4.18. The SMILES string of the molecule is CN(C)C(=O)Sc1nsc(OCc2ccccn2)n1. The molecule has 8 heteroatoms. The molecule has 2 aromatic rings. The first-order chi connectivity index (χ1) is 9.15. The number of nitrogens with zero attached hydrogens (tertiary/aromatic N) is 4. The Morgan fingerprint density at radius 1 is 1.47 bits per heavy atom. The Hall–Kier alpha value is -1.67. The van der Waals surface area contributed by atoms with Crippen molar-refractivity contribution in [3.63, 3.8) is 0 Å². The summed E-state index contributed by atoms with van der Waals surface area (Å²) in [6, 6.07) is 5.60. The minimum Gasteiger partial charge on any atom is -0.462 e. The van der Waals surface area contributed by atoms with Crippen LogP contribution in [-0.4, -0.2) is 38.6 Å². The van der Waals surface area contributed by atoms with Crippen LogP contribution in [0, 0.1) is 0 Å². The summed E-state index contributed by atoms with van der Waals surface area (Å²) in [5, 5.41) is 0.716. The lowest BCUT2D eigenvalue weighted by molar-refractivity contribution is 0.241. The van der Waals surface area contributed by atoms with Gasteiger partial charge in [0.25, 0.3) is 10.4 Å². The van der Waals surface area contributed by atoms with E-state index in [4.69, 9.17) is 4.74 Å². The summed E-state index contributed by atoms with van der Waals surface area (Å²) < 4.78 is 9.51. The number of thioether (sulfide) groups is 1. The van der Waals surface area contributed by atoms with Crippen LogP contribution in [0.2, 0.25) is 0 Å². The number of amides is 1. The summed E-state index contributed by atoms with van der Waals surface area (Å²) in [5.41, 5.74) is 0.816. The van der Waals surface area contributed by atoms with E-state index in [9.17, 15) is 4.79 Å². The van der Waals surface area contributed by atoms with Gasteiger partial charge >= 0.3 is 0 Å². The molecule has 6 nitrogen and oxygen atoms in total. The molecule has 2 aromatic heterocycles. The minimum absolute atomic E-state index is 0.117. The molecule has 0 spiro atoms. The first-order valence-electron chi connectivity index (χ1n) is 5.40. The van der Waals surface area contributed by atoms with E-state index in [-0.39, 0.29) is 5.24 Å². The monoisotopic (exact) mass is 296 g/mol. The average Bonchev–Trinajstić information content (AvgIpc) is 2.85. The van der Waals surface area contributed by atoms with Crippen molar-refractivity contribution in [2.24, 2.45) is 0 Å². The van der Waals surface area contributed by atoms with Crippen molar-refractivity contribution in [2.75, 3.05) is 14.1 Å². The smallest absolute Gasteiger partial charge is 0.294 e. The lowest BCUT2D eigenvalue weighted by Crippen LogP contribution is -2.16. The zero-order valence-corrected chi connectivity index (χ0v) is 12.1. The standard InChI is InChI=1S/C11H12N4O2S2/c1-15(2)11(16)18-9-13-10(19-14-9)17-7-8-5-3-4-6-12-8/h3-6H,7H2,1-2H3. The Morgan fingerprint density at radius 2 is 2.32 bits per heavy atom. The number of ether oxygens (including phenoxy) is 1. The van der Waals surface area contributed by atoms with E-state index in [1.54, 1.807) is 20.3 Å². The van der Waals surface area contributed by atoms with Gasteiger partial charge in [0, 0.05) is 43.6 Å². The average molecular weight is 296 g/mol. The van der Waals surface area contributed by atoms with Gasteiger partial charge in [0.05, 0.1) is 5.69 Å². The van der Waals surface area contributed by atoms with Crippen LogP contribution in [-0.2, 0) is 6.61 Å². The third-order valence-corrected chi connectivity index (χ3v) is 3.65. The van der Waals surface area contributed by atoms with E-state index in [2.05, 4.69) is 14.3 Å². The van der Waals surface area contributed by atoms with E-state index >= 15 is 0 Å². The molecule has 0 atom stereocenters. The maximum Gasteiger partial charge on any atom is 0.294 e. The summed E-state index contributed by atoms with van der Waals surface area (Å²) >= 11 is 2.09. The number of aromatic nitrogens is 3. The van der Waals surface area contributed by atoms with E-state index in [0.29, 0.717) is 17.0 Å². The Labute approximate surface area is 119 Å². The molecule has 0 aliphatic heterocycles. The van der Waals surface area contributed by atoms with Crippen molar-refractivity contribution < 1.29 is 9.53 Å². The van der Waals surface area contributed by atoms with Gasteiger partial charge in [-0.2, -0.15) is 9.36 Å². The summed E-state index contributed by atoms with van der Waals surface area (Å²) in [6.45, 7) is 0.335. The van der Waals surface area contributed by atoms with Crippen LogP contribution in [0.5, 0.6) is 5.19 Å². The van der Waals surface area contributed by atoms with Gasteiger partial charge in [-0.15, -0.1) is 0 Å². The fraction of sp³-hybridized carbons (Fsp3) is 0.273. The van der Waals surface area contributed by atoms with Crippen LogP contribution in [0.15, 0.2) is 29.6 Å². The van der Waals surface area contributed by atoms with Gasteiger partial charge in [-0.05, 0) is 12.1 Å². The molecule has 100 valence electrons. The molecule has 0 radical (unpaired) electrons. The molecule has 0 aromatic carbocycles. The van der Waals surface area contributed by atoms with Crippen molar-refractivity contribution in [1.29, 1.82) is 0 Å². The molecule has 19 heavy (non-hydrogen) atoms. The fourth-order valence-corrected chi connectivity index (χ4v) is 2.31. The van der Waals surface area contributed by atoms with E-state index in [1.807, 2.05) is 18.2 Å². The Balaban J connectivity index is 1.89. The number of hydrogen-bond donors (Lipinski definition) is 0. The highest BCUT2D eigenvalue weighted by Gasteiger charge is 2.12. The van der Waals surface area contributed by atoms with Crippen molar-refractivity contribution >= 4 is 28.5 Å². The highest BCUT2D eigenvalue weighted by molar-refractivity contribution is 8.13. The maximum absolute atomic E-state index is 11.5. The summed E-state index contributed by atoms with van der Waals surface area (Å²) in [5.74, 6) is 0. The van der Waals surface area contributed by atoms with Gasteiger partial charge in [0.2, 0.25) is 5.16 Å². The lowest BCUT2D eigenvalue weighted by Gasteiger charge is -2.06.